The van der Waals surface area contributed by atoms with E-state index in [2.05, 4.69) is 60.7 Å². The second-order valence-electron chi connectivity index (χ2n) is 12.7. The zero-order valence-electron chi connectivity index (χ0n) is 24.0. The Labute approximate surface area is 214 Å². The first-order valence-electron chi connectivity index (χ1n) is 14.7. The lowest BCUT2D eigenvalue weighted by molar-refractivity contribution is 0.0842. The molecule has 2 rings (SSSR count). The third-order valence-electron chi connectivity index (χ3n) is 9.69. The molecule has 0 heterocycles. The molecule has 0 bridgehead atoms. The third-order valence-corrected chi connectivity index (χ3v) is 18.9. The van der Waals surface area contributed by atoms with Gasteiger partial charge >= 0.3 is 0 Å². The van der Waals surface area contributed by atoms with Crippen LogP contribution < -0.4 is 0 Å². The number of rotatable bonds is 14. The molecule has 0 aromatic carbocycles. The van der Waals surface area contributed by atoms with Crippen molar-refractivity contribution in [2.24, 2.45) is 11.8 Å². The molecule has 3 nitrogen and oxygen atoms in total. The fourth-order valence-electron chi connectivity index (χ4n) is 6.00. The van der Waals surface area contributed by atoms with Gasteiger partial charge in [0.25, 0.3) is 0 Å². The summed E-state index contributed by atoms with van der Waals surface area (Å²) in [5, 5.41) is 9.85. The Hall–Kier alpha value is 0.0538. The predicted molar refractivity (Wildman–Crippen MR) is 152 cm³/mol. The summed E-state index contributed by atoms with van der Waals surface area (Å²) in [7, 11) is -3.43. The smallest absolute Gasteiger partial charge is 0.192 e. The second-order valence-corrected chi connectivity index (χ2v) is 22.2. The van der Waals surface area contributed by atoms with Crippen LogP contribution >= 0.6 is 0 Å². The second kappa shape index (κ2) is 13.6. The molecular formula is C29H58O3Si2. The maximum atomic E-state index is 9.60. The Kier molecular flexibility index (Phi) is 12.1. The lowest BCUT2D eigenvalue weighted by Gasteiger charge is -2.42. The molecule has 0 radical (unpaired) electrons. The van der Waals surface area contributed by atoms with E-state index in [1.165, 1.54) is 50.2 Å². The Bertz CT molecular complexity index is 607. The number of aliphatic hydroxyl groups is 1. The van der Waals surface area contributed by atoms with Crippen molar-refractivity contribution in [3.63, 3.8) is 0 Å². The van der Waals surface area contributed by atoms with E-state index in [1.807, 2.05) is 0 Å². The minimum absolute atomic E-state index is 0.254. The van der Waals surface area contributed by atoms with Gasteiger partial charge in [-0.2, -0.15) is 0 Å². The zero-order valence-corrected chi connectivity index (χ0v) is 26.0. The molecule has 3 atom stereocenters. The Morgan fingerprint density at radius 3 is 2.18 bits per heavy atom. The highest BCUT2D eigenvalue weighted by Gasteiger charge is 2.42. The van der Waals surface area contributed by atoms with Gasteiger partial charge in [0.05, 0.1) is 6.10 Å². The van der Waals surface area contributed by atoms with E-state index >= 15 is 0 Å². The van der Waals surface area contributed by atoms with E-state index in [0.717, 1.165) is 38.0 Å². The summed E-state index contributed by atoms with van der Waals surface area (Å²) in [5.41, 5.74) is 1.60. The first kappa shape index (κ1) is 30.3. The molecule has 1 saturated carbocycles. The summed E-state index contributed by atoms with van der Waals surface area (Å²) in [6.45, 7) is 19.2. The lowest BCUT2D eigenvalue weighted by atomic mass is 9.82. The van der Waals surface area contributed by atoms with Crippen molar-refractivity contribution < 1.29 is 14.0 Å². The van der Waals surface area contributed by atoms with Gasteiger partial charge in [0, 0.05) is 18.6 Å². The van der Waals surface area contributed by atoms with Crippen molar-refractivity contribution in [2.45, 2.75) is 154 Å². The van der Waals surface area contributed by atoms with Crippen molar-refractivity contribution in [2.75, 3.05) is 6.61 Å². The molecule has 200 valence electrons. The van der Waals surface area contributed by atoms with Crippen molar-refractivity contribution in [3.8, 4) is 0 Å². The largest absolute Gasteiger partial charge is 0.414 e. The van der Waals surface area contributed by atoms with Crippen LogP contribution in [-0.2, 0) is 8.85 Å². The van der Waals surface area contributed by atoms with Crippen molar-refractivity contribution in [1.82, 2.24) is 0 Å². The lowest BCUT2D eigenvalue weighted by Crippen LogP contribution is -2.46. The van der Waals surface area contributed by atoms with Gasteiger partial charge in [0.1, 0.15) is 0 Å². The van der Waals surface area contributed by atoms with Gasteiger partial charge in [-0.1, -0.05) is 72.5 Å². The summed E-state index contributed by atoms with van der Waals surface area (Å²) in [5.74, 6) is 1.22. The number of hydrogen-bond donors (Lipinski definition) is 1. The van der Waals surface area contributed by atoms with Gasteiger partial charge in [0.15, 0.2) is 16.6 Å². The Morgan fingerprint density at radius 1 is 1.03 bits per heavy atom. The van der Waals surface area contributed by atoms with Crippen molar-refractivity contribution in [1.29, 1.82) is 0 Å². The summed E-state index contributed by atoms with van der Waals surface area (Å²) < 4.78 is 14.1. The molecule has 1 N–H and O–H groups in total. The maximum Gasteiger partial charge on any atom is 0.192 e. The summed E-state index contributed by atoms with van der Waals surface area (Å²) in [6.07, 6.45) is 15.4. The summed E-state index contributed by atoms with van der Waals surface area (Å²) in [6, 6.07) is 3.63. The van der Waals surface area contributed by atoms with E-state index < -0.39 is 16.6 Å². The summed E-state index contributed by atoms with van der Waals surface area (Å²) >= 11 is 0. The fourth-order valence-corrected chi connectivity index (χ4v) is 10.3. The van der Waals surface area contributed by atoms with Crippen LogP contribution in [0.25, 0.3) is 0 Å². The van der Waals surface area contributed by atoms with Crippen LogP contribution in [0, 0.1) is 11.8 Å². The highest BCUT2D eigenvalue weighted by molar-refractivity contribution is 6.74. The van der Waals surface area contributed by atoms with Gasteiger partial charge in [-0.15, -0.1) is 0 Å². The summed E-state index contributed by atoms with van der Waals surface area (Å²) in [4.78, 5) is 0. The minimum Gasteiger partial charge on any atom is -0.414 e. The van der Waals surface area contributed by atoms with Gasteiger partial charge in [0.2, 0.25) is 0 Å². The molecule has 1 unspecified atom stereocenters. The molecule has 0 aliphatic heterocycles. The van der Waals surface area contributed by atoms with Crippen LogP contribution in [0.3, 0.4) is 0 Å². The molecule has 0 spiro atoms. The van der Waals surface area contributed by atoms with Crippen LogP contribution in [0.1, 0.15) is 106 Å². The van der Waals surface area contributed by atoms with E-state index in [1.54, 1.807) is 5.57 Å². The van der Waals surface area contributed by atoms with Crippen molar-refractivity contribution in [3.05, 3.63) is 11.6 Å². The van der Waals surface area contributed by atoms with Gasteiger partial charge < -0.3 is 14.0 Å². The fraction of sp³-hybridized carbons (Fsp3) is 0.931. The molecule has 1 fully saturated rings. The number of hydrogen-bond acceptors (Lipinski definition) is 3. The molecule has 2 aliphatic carbocycles. The van der Waals surface area contributed by atoms with Crippen LogP contribution in [-0.4, -0.2) is 40.6 Å². The standard InChI is InChI=1S/C29H58O3Si2/c1-9-34(10-2,11-3)32-28-22-20-24(26(28)18-15-23-30)19-21-27(25-16-13-12-14-17-25)31-33(7,8)29(4,5)6/h20,25-28,30H,9-19,21-23H2,1-8H3/t26-,27?,28+/m1/s1. The van der Waals surface area contributed by atoms with Crippen LogP contribution in [0.15, 0.2) is 11.6 Å². The van der Waals surface area contributed by atoms with Crippen LogP contribution in [0.4, 0.5) is 0 Å². The highest BCUT2D eigenvalue weighted by Crippen LogP contribution is 2.43. The Balaban J connectivity index is 2.13. The molecule has 0 aromatic heterocycles. The molecular weight excluding hydrogens is 452 g/mol. The molecule has 34 heavy (non-hydrogen) atoms. The zero-order chi connectivity index (χ0) is 25.4. The first-order valence-corrected chi connectivity index (χ1v) is 20.1. The third kappa shape index (κ3) is 8.03. The predicted octanol–water partition coefficient (Wildman–Crippen LogP) is 8.85. The van der Waals surface area contributed by atoms with Gasteiger partial charge in [-0.05, 0) is 87.1 Å². The normalized spacial score (nSPS) is 23.9. The monoisotopic (exact) mass is 510 g/mol. The van der Waals surface area contributed by atoms with Crippen LogP contribution in [0.2, 0.25) is 36.3 Å². The number of aliphatic hydroxyl groups excluding tert-OH is 1. The van der Waals surface area contributed by atoms with E-state index in [0.29, 0.717) is 18.1 Å². The SMILES string of the molecule is CC[Si](CC)(CC)O[C@H]1CC=C(CCC(O[Si](C)(C)C(C)(C)C)C2CCCCC2)[C@H]1CCCO. The van der Waals surface area contributed by atoms with Crippen molar-refractivity contribution >= 4 is 16.6 Å². The van der Waals surface area contributed by atoms with Gasteiger partial charge in [-0.25, -0.2) is 0 Å². The average Bonchev–Trinajstić information content (AvgIpc) is 3.19. The highest BCUT2D eigenvalue weighted by atomic mass is 28.4. The van der Waals surface area contributed by atoms with E-state index in [4.69, 9.17) is 8.85 Å². The molecule has 0 amide bonds. The molecule has 0 saturated heterocycles. The molecule has 2 aliphatic rings. The first-order chi connectivity index (χ1) is 16.0. The molecule has 5 heteroatoms. The van der Waals surface area contributed by atoms with Gasteiger partial charge in [-0.3, -0.25) is 0 Å². The molecule has 0 aromatic rings. The Morgan fingerprint density at radius 2 is 1.65 bits per heavy atom. The quantitative estimate of drug-likeness (QED) is 0.187. The van der Waals surface area contributed by atoms with Crippen LogP contribution in [0.5, 0.6) is 0 Å². The minimum atomic E-state index is -1.80. The van der Waals surface area contributed by atoms with E-state index in [9.17, 15) is 5.11 Å². The maximum absolute atomic E-state index is 9.60. The topological polar surface area (TPSA) is 38.7 Å². The average molecular weight is 511 g/mol. The van der Waals surface area contributed by atoms with E-state index in [-0.39, 0.29) is 11.6 Å².